The molecule has 0 aliphatic carbocycles. The van der Waals surface area contributed by atoms with Gasteiger partial charge in [-0.3, -0.25) is 9.59 Å². The van der Waals surface area contributed by atoms with Crippen molar-refractivity contribution in [1.82, 2.24) is 5.32 Å². The topological polar surface area (TPSA) is 72.2 Å². The van der Waals surface area contributed by atoms with E-state index >= 15 is 0 Å². The Morgan fingerprint density at radius 1 is 1.32 bits per heavy atom. The molecule has 0 saturated heterocycles. The number of nitrogens with one attached hydrogen (secondary N) is 1. The average Bonchev–Trinajstić information content (AvgIpc) is 2.38. The molecule has 0 aromatic heterocycles. The lowest BCUT2D eigenvalue weighted by Crippen LogP contribution is -2.47. The Hall–Kier alpha value is -1.68. The molecule has 0 saturated carbocycles. The molecule has 2 atom stereocenters. The highest BCUT2D eigenvalue weighted by molar-refractivity contribution is 5.84. The summed E-state index contributed by atoms with van der Waals surface area (Å²) in [6.45, 7) is 3.97. The molecule has 2 unspecified atom stereocenters. The maximum absolute atomic E-state index is 11.9. The molecular formula is C15H21N2O2. The van der Waals surface area contributed by atoms with Gasteiger partial charge in [-0.05, 0) is 24.3 Å². The van der Waals surface area contributed by atoms with Crippen molar-refractivity contribution in [1.29, 1.82) is 0 Å². The van der Waals surface area contributed by atoms with E-state index in [0.717, 1.165) is 5.56 Å². The van der Waals surface area contributed by atoms with E-state index in [0.29, 0.717) is 18.8 Å². The number of hydrogen-bond acceptors (Lipinski definition) is 3. The summed E-state index contributed by atoms with van der Waals surface area (Å²) in [4.78, 5) is 22.7. The van der Waals surface area contributed by atoms with E-state index in [4.69, 9.17) is 5.73 Å². The van der Waals surface area contributed by atoms with Crippen LogP contribution in [0, 0.1) is 5.92 Å². The molecular weight excluding hydrogens is 240 g/mol. The summed E-state index contributed by atoms with van der Waals surface area (Å²) in [5.41, 5.74) is 6.84. The Labute approximate surface area is 114 Å². The van der Waals surface area contributed by atoms with Crippen molar-refractivity contribution in [2.75, 3.05) is 0 Å². The third-order valence-corrected chi connectivity index (χ3v) is 2.80. The molecule has 1 aromatic rings. The first-order valence-corrected chi connectivity index (χ1v) is 6.50. The van der Waals surface area contributed by atoms with E-state index in [1.54, 1.807) is 0 Å². The van der Waals surface area contributed by atoms with Crippen molar-refractivity contribution in [2.45, 2.75) is 38.8 Å². The van der Waals surface area contributed by atoms with Crippen LogP contribution in [0.4, 0.5) is 0 Å². The van der Waals surface area contributed by atoms with E-state index in [9.17, 15) is 9.59 Å². The number of amides is 1. The Bertz CT molecular complexity index is 404. The highest BCUT2D eigenvalue weighted by Crippen LogP contribution is 2.05. The zero-order valence-corrected chi connectivity index (χ0v) is 11.4. The quantitative estimate of drug-likeness (QED) is 0.774. The lowest BCUT2D eigenvalue weighted by atomic mass is 10.0. The predicted octanol–water partition coefficient (Wildman–Crippen LogP) is 1.20. The number of carbonyl (C=O) groups is 1. The van der Waals surface area contributed by atoms with Gasteiger partial charge in [-0.1, -0.05) is 44.2 Å². The van der Waals surface area contributed by atoms with Gasteiger partial charge in [0.2, 0.25) is 12.2 Å². The first kappa shape index (κ1) is 15.4. The highest BCUT2D eigenvalue weighted by atomic mass is 16.2. The second-order valence-corrected chi connectivity index (χ2v) is 5.10. The predicted molar refractivity (Wildman–Crippen MR) is 75.2 cm³/mol. The van der Waals surface area contributed by atoms with Gasteiger partial charge in [-0.15, -0.1) is 0 Å². The van der Waals surface area contributed by atoms with Crippen molar-refractivity contribution in [2.24, 2.45) is 11.7 Å². The number of benzene rings is 1. The monoisotopic (exact) mass is 261 g/mol. The van der Waals surface area contributed by atoms with Crippen LogP contribution in [0.15, 0.2) is 30.3 Å². The van der Waals surface area contributed by atoms with Crippen LogP contribution in [0.5, 0.6) is 0 Å². The van der Waals surface area contributed by atoms with Crippen LogP contribution in [0.1, 0.15) is 25.8 Å². The Balaban J connectivity index is 2.50. The first-order chi connectivity index (χ1) is 9.02. The smallest absolute Gasteiger partial charge is 0.237 e. The summed E-state index contributed by atoms with van der Waals surface area (Å²) in [6, 6.07) is 8.34. The molecule has 0 bridgehead atoms. The van der Waals surface area contributed by atoms with Gasteiger partial charge < -0.3 is 11.1 Å². The average molecular weight is 261 g/mol. The van der Waals surface area contributed by atoms with Crippen molar-refractivity contribution >= 4 is 12.2 Å². The van der Waals surface area contributed by atoms with Gasteiger partial charge in [-0.25, -0.2) is 0 Å². The molecule has 103 valence electrons. The SMILES string of the molecule is CC(C)CC([C]=O)NC(=O)C(N)Cc1ccccc1. The van der Waals surface area contributed by atoms with Gasteiger partial charge in [0.1, 0.15) is 0 Å². The molecule has 0 aliphatic rings. The molecule has 1 amide bonds. The van der Waals surface area contributed by atoms with E-state index in [1.165, 1.54) is 0 Å². The van der Waals surface area contributed by atoms with Crippen LogP contribution in [0.3, 0.4) is 0 Å². The normalized spacial score (nSPS) is 13.9. The van der Waals surface area contributed by atoms with Crippen molar-refractivity contribution in [3.05, 3.63) is 35.9 Å². The van der Waals surface area contributed by atoms with Gasteiger partial charge in [0, 0.05) is 0 Å². The molecule has 19 heavy (non-hydrogen) atoms. The molecule has 4 heteroatoms. The molecule has 1 radical (unpaired) electrons. The maximum Gasteiger partial charge on any atom is 0.237 e. The van der Waals surface area contributed by atoms with Gasteiger partial charge in [0.25, 0.3) is 0 Å². The molecule has 0 heterocycles. The zero-order valence-electron chi connectivity index (χ0n) is 11.4. The highest BCUT2D eigenvalue weighted by Gasteiger charge is 2.19. The number of nitrogens with two attached hydrogens (primary N) is 1. The maximum atomic E-state index is 11.9. The second kappa shape index (κ2) is 7.69. The molecule has 0 fully saturated rings. The van der Waals surface area contributed by atoms with Crippen LogP contribution in [-0.2, 0) is 16.0 Å². The summed E-state index contributed by atoms with van der Waals surface area (Å²) in [6.07, 6.45) is 2.88. The Morgan fingerprint density at radius 2 is 1.95 bits per heavy atom. The summed E-state index contributed by atoms with van der Waals surface area (Å²) < 4.78 is 0. The fraction of sp³-hybridized carbons (Fsp3) is 0.467. The van der Waals surface area contributed by atoms with Gasteiger partial charge in [0.15, 0.2) is 0 Å². The molecule has 1 aromatic carbocycles. The summed E-state index contributed by atoms with van der Waals surface area (Å²) in [5.74, 6) is 0.00921. The largest absolute Gasteiger partial charge is 0.344 e. The Kier molecular flexibility index (Phi) is 6.22. The first-order valence-electron chi connectivity index (χ1n) is 6.50. The van der Waals surface area contributed by atoms with Crippen molar-refractivity contribution in [3.63, 3.8) is 0 Å². The second-order valence-electron chi connectivity index (χ2n) is 5.10. The van der Waals surface area contributed by atoms with Crippen LogP contribution >= 0.6 is 0 Å². The third-order valence-electron chi connectivity index (χ3n) is 2.80. The lowest BCUT2D eigenvalue weighted by molar-refractivity contribution is -0.122. The van der Waals surface area contributed by atoms with Crippen LogP contribution in [0.2, 0.25) is 0 Å². The molecule has 1 rings (SSSR count). The van der Waals surface area contributed by atoms with E-state index in [-0.39, 0.29) is 5.91 Å². The fourth-order valence-corrected chi connectivity index (χ4v) is 1.85. The number of hydrogen-bond donors (Lipinski definition) is 2. The van der Waals surface area contributed by atoms with E-state index < -0.39 is 12.1 Å². The van der Waals surface area contributed by atoms with Crippen LogP contribution in [-0.4, -0.2) is 24.3 Å². The number of rotatable bonds is 7. The molecule has 4 nitrogen and oxygen atoms in total. The summed E-state index contributed by atoms with van der Waals surface area (Å²) in [5, 5.41) is 2.63. The Morgan fingerprint density at radius 3 is 2.47 bits per heavy atom. The minimum atomic E-state index is -0.648. The third kappa shape index (κ3) is 5.66. The fourth-order valence-electron chi connectivity index (χ4n) is 1.85. The number of carbonyl (C=O) groups excluding carboxylic acids is 2. The van der Waals surface area contributed by atoms with Crippen LogP contribution < -0.4 is 11.1 Å². The van der Waals surface area contributed by atoms with Crippen molar-refractivity contribution < 1.29 is 9.59 Å². The van der Waals surface area contributed by atoms with Crippen molar-refractivity contribution in [3.8, 4) is 0 Å². The summed E-state index contributed by atoms with van der Waals surface area (Å²) in [7, 11) is 0. The minimum Gasteiger partial charge on any atom is -0.344 e. The summed E-state index contributed by atoms with van der Waals surface area (Å²) >= 11 is 0. The van der Waals surface area contributed by atoms with E-state index in [2.05, 4.69) is 5.32 Å². The van der Waals surface area contributed by atoms with Gasteiger partial charge in [-0.2, -0.15) is 0 Å². The van der Waals surface area contributed by atoms with E-state index in [1.807, 2.05) is 50.5 Å². The molecule has 0 spiro atoms. The molecule has 3 N–H and O–H groups in total. The molecule has 0 aliphatic heterocycles. The van der Waals surface area contributed by atoms with Gasteiger partial charge in [0.05, 0.1) is 12.1 Å². The zero-order chi connectivity index (χ0) is 14.3. The minimum absolute atomic E-state index is 0.308. The standard InChI is InChI=1S/C15H21N2O2/c1-11(2)8-13(10-18)17-15(19)14(16)9-12-6-4-3-5-7-12/h3-7,11,13-14H,8-9,16H2,1-2H3,(H,17,19). The lowest BCUT2D eigenvalue weighted by Gasteiger charge is -2.17. The van der Waals surface area contributed by atoms with Gasteiger partial charge >= 0.3 is 0 Å². The van der Waals surface area contributed by atoms with Crippen LogP contribution in [0.25, 0.3) is 0 Å².